The van der Waals surface area contributed by atoms with Gasteiger partial charge in [0.2, 0.25) is 0 Å². The molecule has 1 saturated heterocycles. The highest BCUT2D eigenvalue weighted by Gasteiger charge is 2.15. The normalized spacial score (nSPS) is 14.5. The minimum absolute atomic E-state index is 0.356. The first-order valence-electron chi connectivity index (χ1n) is 10.2. The molecule has 1 fully saturated rings. The molecule has 2 aromatic carbocycles. The molecule has 0 amide bonds. The van der Waals surface area contributed by atoms with Gasteiger partial charge in [0.25, 0.3) is 0 Å². The van der Waals surface area contributed by atoms with Crippen molar-refractivity contribution in [2.45, 2.75) is 6.54 Å². The Morgan fingerprint density at radius 3 is 2.73 bits per heavy atom. The molecule has 4 rings (SSSR count). The van der Waals surface area contributed by atoms with Gasteiger partial charge in [0.1, 0.15) is 19.0 Å². The molecule has 0 radical (unpaired) electrons. The van der Waals surface area contributed by atoms with Gasteiger partial charge in [0, 0.05) is 25.7 Å². The minimum atomic E-state index is 0.356. The molecule has 1 aliphatic heterocycles. The van der Waals surface area contributed by atoms with Crippen molar-refractivity contribution >= 4 is 22.3 Å². The summed E-state index contributed by atoms with van der Waals surface area (Å²) >= 11 is 0. The van der Waals surface area contributed by atoms with E-state index in [1.165, 1.54) is 5.39 Å². The van der Waals surface area contributed by atoms with E-state index in [2.05, 4.69) is 48.6 Å². The lowest BCUT2D eigenvalue weighted by Crippen LogP contribution is -2.37. The summed E-state index contributed by atoms with van der Waals surface area (Å²) in [5.74, 6) is 0.837. The van der Waals surface area contributed by atoms with Crippen LogP contribution in [0.25, 0.3) is 10.8 Å². The number of morpholine rings is 1. The van der Waals surface area contributed by atoms with Crippen molar-refractivity contribution in [2.75, 3.05) is 51.4 Å². The summed E-state index contributed by atoms with van der Waals surface area (Å²) < 4.78 is 11.2. The largest absolute Gasteiger partial charge is 0.462 e. The van der Waals surface area contributed by atoms with E-state index in [0.717, 1.165) is 42.2 Å². The van der Waals surface area contributed by atoms with Gasteiger partial charge in [0.15, 0.2) is 0 Å². The summed E-state index contributed by atoms with van der Waals surface area (Å²) in [5.41, 5.74) is 1.59. The molecule has 30 heavy (non-hydrogen) atoms. The average molecular weight is 406 g/mol. The first kappa shape index (κ1) is 20.2. The van der Waals surface area contributed by atoms with Crippen molar-refractivity contribution in [1.29, 1.82) is 0 Å². The fraction of sp³-hybridized carbons (Fsp3) is 0.364. The number of aromatic nitrogens is 2. The fourth-order valence-corrected chi connectivity index (χ4v) is 3.23. The molecule has 8 heteroatoms. The van der Waals surface area contributed by atoms with Crippen LogP contribution in [0.5, 0.6) is 6.01 Å². The zero-order chi connectivity index (χ0) is 20.6. The second-order valence-corrected chi connectivity index (χ2v) is 6.98. The molecular weight excluding hydrogens is 380 g/mol. The molecule has 8 nitrogen and oxygen atoms in total. The molecule has 1 aliphatic rings. The first-order valence-corrected chi connectivity index (χ1v) is 10.2. The van der Waals surface area contributed by atoms with Crippen LogP contribution in [-0.2, 0) is 11.3 Å². The van der Waals surface area contributed by atoms with Crippen LogP contribution in [0.2, 0.25) is 0 Å². The Morgan fingerprint density at radius 2 is 1.90 bits per heavy atom. The minimum Gasteiger partial charge on any atom is -0.462 e. The zero-order valence-corrected chi connectivity index (χ0v) is 17.1. The molecule has 3 aromatic rings. The van der Waals surface area contributed by atoms with Gasteiger partial charge in [-0.15, -0.1) is 0 Å². The van der Waals surface area contributed by atoms with E-state index >= 15 is 0 Å². The Labute approximate surface area is 176 Å². The summed E-state index contributed by atoms with van der Waals surface area (Å²) in [6, 6.07) is 16.6. The van der Waals surface area contributed by atoms with Crippen molar-refractivity contribution in [2.24, 2.45) is 10.2 Å². The predicted molar refractivity (Wildman–Crippen MR) is 117 cm³/mol. The van der Waals surface area contributed by atoms with Crippen LogP contribution in [0.3, 0.4) is 0 Å². The summed E-state index contributed by atoms with van der Waals surface area (Å²) in [6.45, 7) is 4.56. The molecule has 156 valence electrons. The maximum atomic E-state index is 5.72. The molecule has 0 saturated carbocycles. The summed E-state index contributed by atoms with van der Waals surface area (Å²) in [4.78, 5) is 11.3. The van der Waals surface area contributed by atoms with E-state index in [1.807, 2.05) is 37.4 Å². The number of azo groups is 1. The maximum absolute atomic E-state index is 5.72. The van der Waals surface area contributed by atoms with Crippen LogP contribution in [0.1, 0.15) is 5.69 Å². The van der Waals surface area contributed by atoms with Gasteiger partial charge in [-0.3, -0.25) is 0 Å². The van der Waals surface area contributed by atoms with Crippen molar-refractivity contribution in [3.8, 4) is 6.01 Å². The molecule has 1 aromatic heterocycles. The zero-order valence-electron chi connectivity index (χ0n) is 17.1. The number of fused-ring (bicyclic) bond motifs is 1. The molecule has 0 unspecified atom stereocenters. The van der Waals surface area contributed by atoms with Crippen LogP contribution in [-0.4, -0.2) is 56.5 Å². The maximum Gasteiger partial charge on any atom is 0.318 e. The highest BCUT2D eigenvalue weighted by molar-refractivity contribution is 5.84. The van der Waals surface area contributed by atoms with Crippen LogP contribution in [0.15, 0.2) is 58.8 Å². The number of hydrogen-bond donors (Lipinski definition) is 1. The first-order chi connectivity index (χ1) is 14.8. The lowest BCUT2D eigenvalue weighted by Gasteiger charge is -2.28. The van der Waals surface area contributed by atoms with Crippen molar-refractivity contribution in [1.82, 2.24) is 15.3 Å². The van der Waals surface area contributed by atoms with Gasteiger partial charge < -0.3 is 19.7 Å². The number of nitrogens with one attached hydrogen (secondary N) is 1. The molecule has 0 spiro atoms. The fourth-order valence-electron chi connectivity index (χ4n) is 3.23. The van der Waals surface area contributed by atoms with Crippen molar-refractivity contribution in [3.05, 3.63) is 54.2 Å². The molecule has 1 N–H and O–H groups in total. The molecule has 0 bridgehead atoms. The standard InChI is InChI=1S/C22H26N6O2/c1-23-8-11-30-22-25-20(15-21(26-22)28-9-12-29-13-10-28)16-24-27-19-7-6-17-4-2-3-5-18(17)14-19/h2-7,14-15,23H,8-13,16H2,1H3. The molecule has 0 aliphatic carbocycles. The second-order valence-electron chi connectivity index (χ2n) is 6.98. The lowest BCUT2D eigenvalue weighted by molar-refractivity contribution is 0.122. The van der Waals surface area contributed by atoms with Gasteiger partial charge in [-0.05, 0) is 30.0 Å². The van der Waals surface area contributed by atoms with Gasteiger partial charge in [-0.25, -0.2) is 0 Å². The third kappa shape index (κ3) is 5.28. The Kier molecular flexibility index (Phi) is 6.79. The number of benzene rings is 2. The van der Waals surface area contributed by atoms with Gasteiger partial charge >= 0.3 is 6.01 Å². The van der Waals surface area contributed by atoms with Crippen molar-refractivity contribution < 1.29 is 9.47 Å². The molecule has 0 atom stereocenters. The highest BCUT2D eigenvalue weighted by atomic mass is 16.5. The van der Waals surface area contributed by atoms with E-state index in [0.29, 0.717) is 32.4 Å². The van der Waals surface area contributed by atoms with Crippen LogP contribution >= 0.6 is 0 Å². The topological polar surface area (TPSA) is 84.2 Å². The van der Waals surface area contributed by atoms with E-state index in [9.17, 15) is 0 Å². The number of hydrogen-bond acceptors (Lipinski definition) is 8. The smallest absolute Gasteiger partial charge is 0.318 e. The summed E-state index contributed by atoms with van der Waals surface area (Å²) in [7, 11) is 1.88. The van der Waals surface area contributed by atoms with Crippen LogP contribution < -0.4 is 15.0 Å². The van der Waals surface area contributed by atoms with Gasteiger partial charge in [-0.2, -0.15) is 20.2 Å². The monoisotopic (exact) mass is 406 g/mol. The van der Waals surface area contributed by atoms with Gasteiger partial charge in [0.05, 0.1) is 24.6 Å². The van der Waals surface area contributed by atoms with Crippen LogP contribution in [0.4, 0.5) is 11.5 Å². The summed E-state index contributed by atoms with van der Waals surface area (Å²) in [6.07, 6.45) is 0. The number of nitrogens with zero attached hydrogens (tertiary/aromatic N) is 5. The Bertz CT molecular complexity index is 1000. The summed E-state index contributed by atoms with van der Waals surface area (Å²) in [5, 5.41) is 14.1. The van der Waals surface area contributed by atoms with E-state index in [4.69, 9.17) is 9.47 Å². The van der Waals surface area contributed by atoms with E-state index in [1.54, 1.807) is 0 Å². The Morgan fingerprint density at radius 1 is 1.07 bits per heavy atom. The lowest BCUT2D eigenvalue weighted by atomic mass is 10.1. The number of anilines is 1. The van der Waals surface area contributed by atoms with Crippen LogP contribution in [0, 0.1) is 0 Å². The average Bonchev–Trinajstić information content (AvgIpc) is 2.80. The van der Waals surface area contributed by atoms with E-state index in [-0.39, 0.29) is 0 Å². The van der Waals surface area contributed by atoms with E-state index < -0.39 is 0 Å². The number of ether oxygens (including phenoxy) is 2. The Hall–Kier alpha value is -3.10. The number of likely N-dealkylation sites (N-methyl/N-ethyl adjacent to an activating group) is 1. The number of rotatable bonds is 8. The molecular formula is C22H26N6O2. The SMILES string of the molecule is CNCCOc1nc(CN=Nc2ccc3ccccc3c2)cc(N2CCOCC2)n1. The highest BCUT2D eigenvalue weighted by Crippen LogP contribution is 2.22. The Balaban J connectivity index is 1.50. The third-order valence-corrected chi connectivity index (χ3v) is 4.82. The van der Waals surface area contributed by atoms with Crippen molar-refractivity contribution in [3.63, 3.8) is 0 Å². The second kappa shape index (κ2) is 10.1. The third-order valence-electron chi connectivity index (χ3n) is 4.82. The quantitative estimate of drug-likeness (QED) is 0.456. The van der Waals surface area contributed by atoms with Gasteiger partial charge in [-0.1, -0.05) is 30.3 Å². The predicted octanol–water partition coefficient (Wildman–Crippen LogP) is 3.35. The molecule has 2 heterocycles.